The number of likely N-dealkylation sites (tertiary alicyclic amines) is 1. The van der Waals surface area contributed by atoms with Crippen molar-refractivity contribution < 1.29 is 9.53 Å². The van der Waals surface area contributed by atoms with Crippen molar-refractivity contribution in [3.63, 3.8) is 0 Å². The van der Waals surface area contributed by atoms with Crippen LogP contribution in [0.4, 0.5) is 4.79 Å². The molecule has 0 aromatic carbocycles. The highest BCUT2D eigenvalue weighted by Crippen LogP contribution is 2.40. The van der Waals surface area contributed by atoms with E-state index in [0.717, 1.165) is 32.5 Å². The van der Waals surface area contributed by atoms with Crippen molar-refractivity contribution in [1.29, 1.82) is 0 Å². The molecular formula is C15H28N2O2. The van der Waals surface area contributed by atoms with Gasteiger partial charge in [0.1, 0.15) is 5.60 Å². The number of rotatable bonds is 1. The first-order valence-electron chi connectivity index (χ1n) is 7.55. The van der Waals surface area contributed by atoms with Gasteiger partial charge in [0, 0.05) is 25.7 Å². The maximum atomic E-state index is 12.0. The molecule has 1 atom stereocenters. The van der Waals surface area contributed by atoms with Gasteiger partial charge >= 0.3 is 6.09 Å². The second-order valence-corrected chi connectivity index (χ2v) is 7.16. The molecule has 0 saturated carbocycles. The number of carbonyl (C=O) groups excluding carboxylic acids is 1. The Labute approximate surface area is 116 Å². The molecule has 4 heteroatoms. The van der Waals surface area contributed by atoms with Gasteiger partial charge in [0.05, 0.1) is 0 Å². The molecule has 0 bridgehead atoms. The van der Waals surface area contributed by atoms with Crippen molar-refractivity contribution >= 4 is 6.09 Å². The van der Waals surface area contributed by atoms with Crippen LogP contribution in [0.5, 0.6) is 0 Å². The molecule has 2 aliphatic rings. The SMILES string of the molecule is CC[C@H]1CC2(CCN(C(=O)OC(C)(C)C)CC2)CN1. The van der Waals surface area contributed by atoms with E-state index in [2.05, 4.69) is 12.2 Å². The number of nitrogens with one attached hydrogen (secondary N) is 1. The topological polar surface area (TPSA) is 41.6 Å². The van der Waals surface area contributed by atoms with Crippen molar-refractivity contribution in [3.05, 3.63) is 0 Å². The highest BCUT2D eigenvalue weighted by Gasteiger charge is 2.41. The zero-order valence-corrected chi connectivity index (χ0v) is 12.8. The summed E-state index contributed by atoms with van der Waals surface area (Å²) in [6, 6.07) is 0.674. The summed E-state index contributed by atoms with van der Waals surface area (Å²) in [5.74, 6) is 0. The highest BCUT2D eigenvalue weighted by molar-refractivity contribution is 5.68. The maximum absolute atomic E-state index is 12.0. The molecule has 2 aliphatic heterocycles. The van der Waals surface area contributed by atoms with Gasteiger partial charge in [-0.05, 0) is 51.9 Å². The number of nitrogens with zero attached hydrogens (tertiary/aromatic N) is 1. The van der Waals surface area contributed by atoms with Crippen LogP contribution in [0.25, 0.3) is 0 Å². The first kappa shape index (κ1) is 14.6. The van der Waals surface area contributed by atoms with Gasteiger partial charge in [0.25, 0.3) is 0 Å². The van der Waals surface area contributed by atoms with E-state index in [1.54, 1.807) is 0 Å². The van der Waals surface area contributed by atoms with Crippen molar-refractivity contribution in [3.8, 4) is 0 Å². The average molecular weight is 268 g/mol. The molecule has 2 rings (SSSR count). The van der Waals surface area contributed by atoms with Crippen molar-refractivity contribution in [2.24, 2.45) is 5.41 Å². The van der Waals surface area contributed by atoms with Crippen LogP contribution in [-0.2, 0) is 4.74 Å². The summed E-state index contributed by atoms with van der Waals surface area (Å²) in [6.45, 7) is 10.8. The lowest BCUT2D eigenvalue weighted by Crippen LogP contribution is -2.45. The van der Waals surface area contributed by atoms with Gasteiger partial charge in [0.15, 0.2) is 0 Å². The Morgan fingerprint density at radius 3 is 2.47 bits per heavy atom. The Morgan fingerprint density at radius 1 is 1.37 bits per heavy atom. The smallest absolute Gasteiger partial charge is 0.410 e. The lowest BCUT2D eigenvalue weighted by molar-refractivity contribution is 0.0118. The third-order valence-corrected chi connectivity index (χ3v) is 4.41. The van der Waals surface area contributed by atoms with Gasteiger partial charge in [-0.25, -0.2) is 4.79 Å². The quantitative estimate of drug-likeness (QED) is 0.795. The van der Waals surface area contributed by atoms with E-state index in [4.69, 9.17) is 4.74 Å². The number of piperidine rings is 1. The molecule has 0 aromatic heterocycles. The van der Waals surface area contributed by atoms with Crippen LogP contribution in [0.15, 0.2) is 0 Å². The predicted molar refractivity (Wildman–Crippen MR) is 76.2 cm³/mol. The fourth-order valence-corrected chi connectivity index (χ4v) is 3.19. The summed E-state index contributed by atoms with van der Waals surface area (Å²) >= 11 is 0. The molecule has 1 spiro atoms. The Kier molecular flexibility index (Phi) is 4.09. The minimum atomic E-state index is -0.394. The third-order valence-electron chi connectivity index (χ3n) is 4.41. The molecule has 19 heavy (non-hydrogen) atoms. The lowest BCUT2D eigenvalue weighted by Gasteiger charge is -2.39. The lowest BCUT2D eigenvalue weighted by atomic mass is 9.76. The van der Waals surface area contributed by atoms with Gasteiger partial charge in [0.2, 0.25) is 0 Å². The normalized spacial score (nSPS) is 26.7. The van der Waals surface area contributed by atoms with Crippen LogP contribution >= 0.6 is 0 Å². The molecule has 0 unspecified atom stereocenters. The standard InChI is InChI=1S/C15H28N2O2/c1-5-12-10-15(11-16-12)6-8-17(9-7-15)13(18)19-14(2,3)4/h12,16H,5-11H2,1-4H3/t12-/m0/s1. The average Bonchev–Trinajstić information content (AvgIpc) is 2.71. The number of ether oxygens (including phenoxy) is 1. The Hall–Kier alpha value is -0.770. The second kappa shape index (κ2) is 5.31. The Morgan fingerprint density at radius 2 is 2.00 bits per heavy atom. The molecule has 2 saturated heterocycles. The summed E-state index contributed by atoms with van der Waals surface area (Å²) in [5.41, 5.74) is 0.0353. The Bertz CT molecular complexity index is 328. The van der Waals surface area contributed by atoms with Gasteiger partial charge < -0.3 is 15.0 Å². The van der Waals surface area contributed by atoms with E-state index in [1.165, 1.54) is 12.8 Å². The van der Waals surface area contributed by atoms with Crippen LogP contribution in [0.3, 0.4) is 0 Å². The molecule has 0 radical (unpaired) electrons. The monoisotopic (exact) mass is 268 g/mol. The molecule has 2 heterocycles. The van der Waals surface area contributed by atoms with Crippen molar-refractivity contribution in [1.82, 2.24) is 10.2 Å². The van der Waals surface area contributed by atoms with E-state index in [1.807, 2.05) is 25.7 Å². The maximum Gasteiger partial charge on any atom is 0.410 e. The molecule has 1 N–H and O–H groups in total. The molecule has 1 amide bonds. The van der Waals surface area contributed by atoms with Crippen LogP contribution in [0.2, 0.25) is 0 Å². The number of hydrogen-bond acceptors (Lipinski definition) is 3. The summed E-state index contributed by atoms with van der Waals surface area (Å²) in [4.78, 5) is 13.9. The van der Waals surface area contributed by atoms with Gasteiger partial charge in [-0.2, -0.15) is 0 Å². The molecule has 110 valence electrons. The molecule has 0 aliphatic carbocycles. The second-order valence-electron chi connectivity index (χ2n) is 7.16. The predicted octanol–water partition coefficient (Wildman–Crippen LogP) is 2.78. The minimum Gasteiger partial charge on any atom is -0.444 e. The number of hydrogen-bond donors (Lipinski definition) is 1. The van der Waals surface area contributed by atoms with Crippen molar-refractivity contribution in [2.45, 2.75) is 65.0 Å². The molecule has 2 fully saturated rings. The summed E-state index contributed by atoms with van der Waals surface area (Å²) in [7, 11) is 0. The summed E-state index contributed by atoms with van der Waals surface area (Å²) in [5, 5.41) is 3.61. The highest BCUT2D eigenvalue weighted by atomic mass is 16.6. The fraction of sp³-hybridized carbons (Fsp3) is 0.933. The largest absolute Gasteiger partial charge is 0.444 e. The van der Waals surface area contributed by atoms with Crippen LogP contribution < -0.4 is 5.32 Å². The zero-order valence-electron chi connectivity index (χ0n) is 12.8. The molecular weight excluding hydrogens is 240 g/mol. The van der Waals surface area contributed by atoms with E-state index < -0.39 is 5.60 Å². The van der Waals surface area contributed by atoms with Crippen LogP contribution in [-0.4, -0.2) is 42.3 Å². The fourth-order valence-electron chi connectivity index (χ4n) is 3.19. The third kappa shape index (κ3) is 3.62. The van der Waals surface area contributed by atoms with E-state index in [9.17, 15) is 4.79 Å². The summed E-state index contributed by atoms with van der Waals surface area (Å²) < 4.78 is 5.44. The summed E-state index contributed by atoms with van der Waals surface area (Å²) in [6.07, 6.45) is 4.54. The zero-order chi connectivity index (χ0) is 14.1. The Balaban J connectivity index is 1.84. The van der Waals surface area contributed by atoms with Crippen molar-refractivity contribution in [2.75, 3.05) is 19.6 Å². The van der Waals surface area contributed by atoms with Gasteiger partial charge in [-0.15, -0.1) is 0 Å². The molecule has 0 aromatic rings. The first-order valence-corrected chi connectivity index (χ1v) is 7.55. The van der Waals surface area contributed by atoms with E-state index in [-0.39, 0.29) is 6.09 Å². The first-order chi connectivity index (χ1) is 8.84. The van der Waals surface area contributed by atoms with Gasteiger partial charge in [-0.1, -0.05) is 6.92 Å². The van der Waals surface area contributed by atoms with Crippen LogP contribution in [0, 0.1) is 5.41 Å². The van der Waals surface area contributed by atoms with Crippen LogP contribution in [0.1, 0.15) is 53.4 Å². The van der Waals surface area contributed by atoms with E-state index >= 15 is 0 Å². The number of amides is 1. The number of carbonyl (C=O) groups is 1. The minimum absolute atomic E-state index is 0.152. The van der Waals surface area contributed by atoms with E-state index in [0.29, 0.717) is 11.5 Å². The van der Waals surface area contributed by atoms with Gasteiger partial charge in [-0.3, -0.25) is 0 Å². The molecule has 4 nitrogen and oxygen atoms in total.